The Labute approximate surface area is 240 Å². The summed E-state index contributed by atoms with van der Waals surface area (Å²) in [5.74, 6) is 0.284. The molecule has 0 bridgehead atoms. The zero-order valence-corrected chi connectivity index (χ0v) is 22.7. The first-order valence-corrected chi connectivity index (χ1v) is 14.0. The average Bonchev–Trinajstić information content (AvgIpc) is 3.53. The van der Waals surface area contributed by atoms with Gasteiger partial charge in [0.05, 0.1) is 6.42 Å². The summed E-state index contributed by atoms with van der Waals surface area (Å²) in [6.07, 6.45) is -0.373. The number of carbonyl (C=O) groups excluding carboxylic acids is 1. The molecule has 1 aliphatic heterocycles. The van der Waals surface area contributed by atoms with Crippen LogP contribution in [0.5, 0.6) is 0 Å². The Morgan fingerprint density at radius 2 is 1.41 bits per heavy atom. The lowest BCUT2D eigenvalue weighted by molar-refractivity contribution is -0.151. The van der Waals surface area contributed by atoms with Gasteiger partial charge in [-0.3, -0.25) is 4.79 Å². The molecular formula is C36H32N2O3. The van der Waals surface area contributed by atoms with Crippen LogP contribution in [0.25, 0.3) is 10.8 Å². The molecule has 5 heteroatoms. The van der Waals surface area contributed by atoms with E-state index >= 15 is 0 Å². The summed E-state index contributed by atoms with van der Waals surface area (Å²) in [6, 6.07) is 43.9. The van der Waals surface area contributed by atoms with Gasteiger partial charge in [-0.2, -0.15) is 0 Å². The van der Waals surface area contributed by atoms with E-state index in [1.54, 1.807) is 0 Å². The second kappa shape index (κ2) is 12.6. The molecule has 41 heavy (non-hydrogen) atoms. The summed E-state index contributed by atoms with van der Waals surface area (Å²) in [4.78, 5) is 18.4. The third-order valence-corrected chi connectivity index (χ3v) is 7.37. The van der Waals surface area contributed by atoms with Crippen LogP contribution in [0.15, 0.2) is 138 Å². The number of benzene rings is 5. The van der Waals surface area contributed by atoms with Gasteiger partial charge in [0.15, 0.2) is 6.10 Å². The van der Waals surface area contributed by atoms with Crippen LogP contribution in [-0.2, 0) is 20.8 Å². The average molecular weight is 541 g/mol. The summed E-state index contributed by atoms with van der Waals surface area (Å²) in [7, 11) is 0. The molecule has 6 rings (SSSR count). The summed E-state index contributed by atoms with van der Waals surface area (Å²) in [5.41, 5.74) is 4.00. The highest BCUT2D eigenvalue weighted by Gasteiger charge is 2.33. The van der Waals surface area contributed by atoms with Crippen molar-refractivity contribution in [2.75, 3.05) is 6.61 Å². The van der Waals surface area contributed by atoms with Crippen LogP contribution < -0.4 is 5.32 Å². The molecule has 204 valence electrons. The van der Waals surface area contributed by atoms with Crippen LogP contribution in [0, 0.1) is 0 Å². The minimum Gasteiger partial charge on any atom is -0.475 e. The zero-order chi connectivity index (χ0) is 27.9. The molecule has 5 aromatic carbocycles. The third kappa shape index (κ3) is 6.53. The first-order chi connectivity index (χ1) is 20.2. The van der Waals surface area contributed by atoms with Gasteiger partial charge in [-0.05, 0) is 39.6 Å². The quantitative estimate of drug-likeness (QED) is 0.191. The van der Waals surface area contributed by atoms with Crippen molar-refractivity contribution >= 4 is 22.6 Å². The molecule has 0 spiro atoms. The highest BCUT2D eigenvalue weighted by Crippen LogP contribution is 2.30. The Hall–Kier alpha value is -4.74. The van der Waals surface area contributed by atoms with Gasteiger partial charge in [-0.15, -0.1) is 0 Å². The Morgan fingerprint density at radius 3 is 2.15 bits per heavy atom. The SMILES string of the molecule is O=C(C[C@@H](NCc1ccccc1)c1ccccc1)O[C@@H](c1ccccc1)[C@@H]1COC(c2ccc3ccccc3c2)=N1. The standard InChI is InChI=1S/C36H32N2O3/c39-34(23-32(28-15-6-2-7-16-28)37-24-26-12-4-1-5-13-26)41-35(29-17-8-3-9-18-29)33-25-40-36(38-33)31-21-20-27-14-10-11-19-30(27)22-31/h1-22,32-33,35,37H,23-25H2/t32-,33+,35+/m1/s1. The van der Waals surface area contributed by atoms with Crippen molar-refractivity contribution < 1.29 is 14.3 Å². The molecule has 0 aliphatic carbocycles. The first kappa shape index (κ1) is 26.5. The highest BCUT2D eigenvalue weighted by atomic mass is 16.6. The van der Waals surface area contributed by atoms with Crippen LogP contribution in [0.1, 0.15) is 40.8 Å². The van der Waals surface area contributed by atoms with E-state index in [9.17, 15) is 4.79 Å². The van der Waals surface area contributed by atoms with Crippen LogP contribution in [0.2, 0.25) is 0 Å². The van der Waals surface area contributed by atoms with Crippen molar-refractivity contribution in [3.63, 3.8) is 0 Å². The molecule has 0 fully saturated rings. The number of carbonyl (C=O) groups is 1. The Balaban J connectivity index is 1.21. The molecule has 3 atom stereocenters. The Bertz CT molecular complexity index is 1620. The molecule has 5 aromatic rings. The van der Waals surface area contributed by atoms with E-state index in [-0.39, 0.29) is 24.5 Å². The number of hydrogen-bond acceptors (Lipinski definition) is 5. The molecule has 1 aliphatic rings. The maximum absolute atomic E-state index is 13.5. The van der Waals surface area contributed by atoms with Crippen LogP contribution in [0.4, 0.5) is 0 Å². The van der Waals surface area contributed by atoms with E-state index in [4.69, 9.17) is 14.5 Å². The number of fused-ring (bicyclic) bond motifs is 1. The van der Waals surface area contributed by atoms with E-state index in [1.807, 2.05) is 97.1 Å². The molecule has 0 radical (unpaired) electrons. The predicted molar refractivity (Wildman–Crippen MR) is 163 cm³/mol. The molecule has 1 N–H and O–H groups in total. The summed E-state index contributed by atoms with van der Waals surface area (Å²) < 4.78 is 12.3. The molecular weight excluding hydrogens is 508 g/mol. The van der Waals surface area contributed by atoms with Gasteiger partial charge in [0.1, 0.15) is 12.6 Å². The summed E-state index contributed by atoms with van der Waals surface area (Å²) >= 11 is 0. The van der Waals surface area contributed by atoms with Gasteiger partial charge < -0.3 is 14.8 Å². The lowest BCUT2D eigenvalue weighted by Crippen LogP contribution is -2.28. The lowest BCUT2D eigenvalue weighted by Gasteiger charge is -2.24. The number of hydrogen-bond donors (Lipinski definition) is 1. The number of nitrogens with one attached hydrogen (secondary N) is 1. The number of nitrogens with zero attached hydrogens (tertiary/aromatic N) is 1. The number of ether oxygens (including phenoxy) is 2. The molecule has 0 saturated carbocycles. The zero-order valence-electron chi connectivity index (χ0n) is 22.7. The second-order valence-electron chi connectivity index (χ2n) is 10.2. The minimum absolute atomic E-state index is 0.189. The monoisotopic (exact) mass is 540 g/mol. The normalized spacial score (nSPS) is 16.0. The topological polar surface area (TPSA) is 59.9 Å². The summed E-state index contributed by atoms with van der Waals surface area (Å²) in [5, 5.41) is 5.84. The van der Waals surface area contributed by atoms with Gasteiger partial charge in [0.2, 0.25) is 5.90 Å². The van der Waals surface area contributed by atoms with Gasteiger partial charge >= 0.3 is 5.97 Å². The molecule has 5 nitrogen and oxygen atoms in total. The Kier molecular flexibility index (Phi) is 8.15. The molecule has 0 amide bonds. The number of esters is 1. The molecule has 0 saturated heterocycles. The van der Waals surface area contributed by atoms with E-state index in [0.717, 1.165) is 33.0 Å². The van der Waals surface area contributed by atoms with Gasteiger partial charge in [0.25, 0.3) is 0 Å². The van der Waals surface area contributed by atoms with Crippen molar-refractivity contribution in [2.45, 2.75) is 31.2 Å². The van der Waals surface area contributed by atoms with E-state index < -0.39 is 6.10 Å². The van der Waals surface area contributed by atoms with Gasteiger partial charge in [-0.25, -0.2) is 4.99 Å². The molecule has 0 aromatic heterocycles. The van der Waals surface area contributed by atoms with Crippen molar-refractivity contribution in [3.05, 3.63) is 156 Å². The van der Waals surface area contributed by atoms with Crippen LogP contribution >= 0.6 is 0 Å². The summed E-state index contributed by atoms with van der Waals surface area (Å²) in [6.45, 7) is 0.981. The fraction of sp³-hybridized carbons (Fsp3) is 0.167. The van der Waals surface area contributed by atoms with Crippen molar-refractivity contribution in [3.8, 4) is 0 Å². The molecule has 0 unspecified atom stereocenters. The Morgan fingerprint density at radius 1 is 0.780 bits per heavy atom. The fourth-order valence-electron chi connectivity index (χ4n) is 5.22. The number of rotatable bonds is 10. The van der Waals surface area contributed by atoms with Gasteiger partial charge in [0, 0.05) is 18.2 Å². The highest BCUT2D eigenvalue weighted by molar-refractivity contribution is 5.99. The van der Waals surface area contributed by atoms with Crippen molar-refractivity contribution in [1.29, 1.82) is 0 Å². The van der Waals surface area contributed by atoms with Crippen molar-refractivity contribution in [1.82, 2.24) is 5.32 Å². The van der Waals surface area contributed by atoms with Crippen LogP contribution in [0.3, 0.4) is 0 Å². The van der Waals surface area contributed by atoms with Crippen molar-refractivity contribution in [2.24, 2.45) is 4.99 Å². The fourth-order valence-corrected chi connectivity index (χ4v) is 5.22. The smallest absolute Gasteiger partial charge is 0.308 e. The largest absolute Gasteiger partial charge is 0.475 e. The number of aliphatic imine (C=N–C) groups is 1. The third-order valence-electron chi connectivity index (χ3n) is 7.37. The second-order valence-corrected chi connectivity index (χ2v) is 10.2. The minimum atomic E-state index is -0.563. The maximum atomic E-state index is 13.5. The van der Waals surface area contributed by atoms with E-state index in [1.165, 1.54) is 0 Å². The van der Waals surface area contributed by atoms with E-state index in [2.05, 4.69) is 41.7 Å². The van der Waals surface area contributed by atoms with Gasteiger partial charge in [-0.1, -0.05) is 121 Å². The van der Waals surface area contributed by atoms with Crippen LogP contribution in [-0.4, -0.2) is 24.5 Å². The predicted octanol–water partition coefficient (Wildman–Crippen LogP) is 7.19. The molecule has 1 heterocycles. The first-order valence-electron chi connectivity index (χ1n) is 14.0. The maximum Gasteiger partial charge on any atom is 0.308 e. The van der Waals surface area contributed by atoms with E-state index in [0.29, 0.717) is 19.0 Å². The lowest BCUT2D eigenvalue weighted by atomic mass is 10.0.